The number of hydrogen-bond acceptors (Lipinski definition) is 5. The zero-order chi connectivity index (χ0) is 24.6. The summed E-state index contributed by atoms with van der Waals surface area (Å²) < 4.78 is 26.6. The van der Waals surface area contributed by atoms with E-state index in [1.54, 1.807) is 30.3 Å². The minimum Gasteiger partial charge on any atom is -0.312 e. The molecule has 0 radical (unpaired) electrons. The number of aromatic nitrogens is 2. The van der Waals surface area contributed by atoms with E-state index in [2.05, 4.69) is 11.6 Å². The van der Waals surface area contributed by atoms with Gasteiger partial charge in [0.1, 0.15) is 0 Å². The summed E-state index contributed by atoms with van der Waals surface area (Å²) in [6.07, 6.45) is 2.89. The van der Waals surface area contributed by atoms with Crippen LogP contribution < -0.4 is 4.80 Å². The number of amides is 1. The standard InChI is InChI=1S/C27H21N3O3S2/c1-3-15-30-24-14-13-19(35(2,32)33)16-25(24)34-27(30)29-26(31)21-17-23(18-9-5-4-6-10-18)28-22-12-8-7-11-20(21)22/h3-14,16-17H,1,15H2,2H3. The van der Waals surface area contributed by atoms with E-state index in [4.69, 9.17) is 4.98 Å². The molecule has 35 heavy (non-hydrogen) atoms. The van der Waals surface area contributed by atoms with Gasteiger partial charge in [0.2, 0.25) is 0 Å². The zero-order valence-electron chi connectivity index (χ0n) is 18.9. The van der Waals surface area contributed by atoms with E-state index in [1.807, 2.05) is 59.2 Å². The third-order valence-corrected chi connectivity index (χ3v) is 7.76. The predicted octanol–water partition coefficient (Wildman–Crippen LogP) is 5.25. The van der Waals surface area contributed by atoms with Crippen LogP contribution in [-0.4, -0.2) is 30.1 Å². The lowest BCUT2D eigenvalue weighted by molar-refractivity contribution is 0.0999. The van der Waals surface area contributed by atoms with Crippen molar-refractivity contribution in [1.29, 1.82) is 0 Å². The fourth-order valence-electron chi connectivity index (χ4n) is 3.93. The van der Waals surface area contributed by atoms with Gasteiger partial charge in [-0.1, -0.05) is 65.9 Å². The van der Waals surface area contributed by atoms with Crippen molar-refractivity contribution in [2.24, 2.45) is 4.99 Å². The molecule has 1 amide bonds. The molecule has 0 N–H and O–H groups in total. The first-order valence-corrected chi connectivity index (χ1v) is 13.5. The number of carbonyl (C=O) groups excluding carboxylic acids is 1. The van der Waals surface area contributed by atoms with E-state index < -0.39 is 15.7 Å². The molecule has 0 unspecified atom stereocenters. The number of benzene rings is 3. The molecular formula is C27H21N3O3S2. The van der Waals surface area contributed by atoms with Gasteiger partial charge in [0.25, 0.3) is 5.91 Å². The number of nitrogens with zero attached hydrogens (tertiary/aromatic N) is 3. The molecule has 0 spiro atoms. The maximum Gasteiger partial charge on any atom is 0.280 e. The Morgan fingerprint density at radius 1 is 1.06 bits per heavy atom. The monoisotopic (exact) mass is 499 g/mol. The van der Waals surface area contributed by atoms with Crippen LogP contribution >= 0.6 is 11.3 Å². The molecule has 0 saturated carbocycles. The van der Waals surface area contributed by atoms with Crippen LogP contribution in [0.4, 0.5) is 0 Å². The quantitative estimate of drug-likeness (QED) is 0.309. The second kappa shape index (κ2) is 9.05. The van der Waals surface area contributed by atoms with Crippen LogP contribution in [0.2, 0.25) is 0 Å². The highest BCUT2D eigenvalue weighted by molar-refractivity contribution is 7.90. The first-order valence-electron chi connectivity index (χ1n) is 10.8. The second-order valence-corrected chi connectivity index (χ2v) is 11.1. The highest BCUT2D eigenvalue weighted by Crippen LogP contribution is 2.26. The second-order valence-electron chi connectivity index (χ2n) is 8.04. The van der Waals surface area contributed by atoms with Crippen molar-refractivity contribution in [3.8, 4) is 11.3 Å². The highest BCUT2D eigenvalue weighted by Gasteiger charge is 2.16. The highest BCUT2D eigenvalue weighted by atomic mass is 32.2. The summed E-state index contributed by atoms with van der Waals surface area (Å²) >= 11 is 1.27. The van der Waals surface area contributed by atoms with Crippen molar-refractivity contribution in [3.05, 3.63) is 102 Å². The molecule has 6 nitrogen and oxygen atoms in total. The van der Waals surface area contributed by atoms with Crippen LogP contribution in [0.1, 0.15) is 10.4 Å². The number of fused-ring (bicyclic) bond motifs is 2. The van der Waals surface area contributed by atoms with E-state index in [-0.39, 0.29) is 4.90 Å². The van der Waals surface area contributed by atoms with Gasteiger partial charge in [-0.15, -0.1) is 6.58 Å². The van der Waals surface area contributed by atoms with Gasteiger partial charge in [0.05, 0.1) is 31.9 Å². The fourth-order valence-corrected chi connectivity index (χ4v) is 5.73. The lowest BCUT2D eigenvalue weighted by Crippen LogP contribution is -2.16. The first-order chi connectivity index (χ1) is 16.8. The summed E-state index contributed by atoms with van der Waals surface area (Å²) in [5, 5.41) is 0.719. The normalized spacial score (nSPS) is 12.3. The van der Waals surface area contributed by atoms with E-state index >= 15 is 0 Å². The molecule has 0 aliphatic heterocycles. The van der Waals surface area contributed by atoms with Gasteiger partial charge in [-0.25, -0.2) is 13.4 Å². The van der Waals surface area contributed by atoms with Gasteiger partial charge >= 0.3 is 0 Å². The smallest absolute Gasteiger partial charge is 0.280 e. The Balaban J connectivity index is 1.71. The van der Waals surface area contributed by atoms with Gasteiger partial charge in [0, 0.05) is 23.8 Å². The lowest BCUT2D eigenvalue weighted by Gasteiger charge is -2.08. The lowest BCUT2D eigenvalue weighted by atomic mass is 10.0. The van der Waals surface area contributed by atoms with Gasteiger partial charge < -0.3 is 4.57 Å². The molecule has 8 heteroatoms. The molecule has 0 bridgehead atoms. The average molecular weight is 500 g/mol. The van der Waals surface area contributed by atoms with Crippen molar-refractivity contribution >= 4 is 48.2 Å². The van der Waals surface area contributed by atoms with Crippen molar-refractivity contribution in [1.82, 2.24) is 9.55 Å². The minimum atomic E-state index is -3.36. The van der Waals surface area contributed by atoms with Gasteiger partial charge in [-0.05, 0) is 30.3 Å². The summed E-state index contributed by atoms with van der Waals surface area (Å²) in [6, 6.07) is 23.9. The molecular weight excluding hydrogens is 478 g/mol. The van der Waals surface area contributed by atoms with Crippen LogP contribution in [0, 0.1) is 0 Å². The molecule has 5 aromatic rings. The number of rotatable bonds is 5. The molecule has 0 saturated heterocycles. The molecule has 174 valence electrons. The van der Waals surface area contributed by atoms with E-state index in [1.165, 1.54) is 17.6 Å². The van der Waals surface area contributed by atoms with Crippen molar-refractivity contribution in [3.63, 3.8) is 0 Å². The van der Waals surface area contributed by atoms with Gasteiger partial charge in [-0.2, -0.15) is 4.99 Å². The van der Waals surface area contributed by atoms with E-state index in [9.17, 15) is 13.2 Å². The Bertz CT molecular complexity index is 1780. The molecule has 0 atom stereocenters. The Hall–Kier alpha value is -3.88. The van der Waals surface area contributed by atoms with E-state index in [0.717, 1.165) is 21.2 Å². The number of sulfone groups is 1. The number of allylic oxidation sites excluding steroid dienone is 1. The summed E-state index contributed by atoms with van der Waals surface area (Å²) in [5.74, 6) is -0.395. The predicted molar refractivity (Wildman–Crippen MR) is 140 cm³/mol. The fraction of sp³-hybridized carbons (Fsp3) is 0.0741. The molecule has 0 aliphatic carbocycles. The van der Waals surface area contributed by atoms with Crippen LogP contribution in [0.25, 0.3) is 32.4 Å². The minimum absolute atomic E-state index is 0.225. The van der Waals surface area contributed by atoms with Crippen molar-refractivity contribution in [2.45, 2.75) is 11.4 Å². The third kappa shape index (κ3) is 4.45. The maximum absolute atomic E-state index is 13.5. The number of para-hydroxylation sites is 1. The Morgan fingerprint density at radius 3 is 2.54 bits per heavy atom. The molecule has 5 rings (SSSR count). The molecule has 3 aromatic carbocycles. The summed E-state index contributed by atoms with van der Waals surface area (Å²) in [4.78, 5) is 23.5. The van der Waals surface area contributed by atoms with Crippen LogP contribution in [0.3, 0.4) is 0 Å². The largest absolute Gasteiger partial charge is 0.312 e. The number of pyridine rings is 1. The van der Waals surface area contributed by atoms with Crippen molar-refractivity contribution < 1.29 is 13.2 Å². The maximum atomic E-state index is 13.5. The SMILES string of the molecule is C=CCn1c(=NC(=O)c2cc(-c3ccccc3)nc3ccccc23)sc2cc(S(C)(=O)=O)ccc21. The zero-order valence-corrected chi connectivity index (χ0v) is 20.5. The number of carbonyl (C=O) groups is 1. The van der Waals surface area contributed by atoms with Gasteiger partial charge in [-0.3, -0.25) is 4.79 Å². The van der Waals surface area contributed by atoms with Crippen LogP contribution in [0.15, 0.2) is 101 Å². The summed E-state index contributed by atoms with van der Waals surface area (Å²) in [5.41, 5.74) is 3.55. The summed E-state index contributed by atoms with van der Waals surface area (Å²) in [6.45, 7) is 4.24. The average Bonchev–Trinajstić information content (AvgIpc) is 3.19. The van der Waals surface area contributed by atoms with Crippen LogP contribution in [0.5, 0.6) is 0 Å². The third-order valence-electron chi connectivity index (χ3n) is 5.61. The topological polar surface area (TPSA) is 81.4 Å². The Labute approximate surface area is 206 Å². The molecule has 2 heterocycles. The van der Waals surface area contributed by atoms with Crippen LogP contribution in [-0.2, 0) is 16.4 Å². The summed E-state index contributed by atoms with van der Waals surface area (Å²) in [7, 11) is -3.36. The van der Waals surface area contributed by atoms with E-state index in [0.29, 0.717) is 28.1 Å². The molecule has 0 aliphatic rings. The van der Waals surface area contributed by atoms with Crippen molar-refractivity contribution in [2.75, 3.05) is 6.26 Å². The van der Waals surface area contributed by atoms with Gasteiger partial charge in [0.15, 0.2) is 14.6 Å². The Morgan fingerprint density at radius 2 is 1.80 bits per heavy atom. The molecule has 2 aromatic heterocycles. The number of thiazole rings is 1. The first kappa shape index (κ1) is 22.9. The number of hydrogen-bond donors (Lipinski definition) is 0. The Kier molecular flexibility index (Phi) is 5.92. The molecule has 0 fully saturated rings.